The van der Waals surface area contributed by atoms with Gasteiger partial charge in [0.1, 0.15) is 0 Å². The fourth-order valence-electron chi connectivity index (χ4n) is 3.57. The van der Waals surface area contributed by atoms with Gasteiger partial charge in [0.05, 0.1) is 10.6 Å². The van der Waals surface area contributed by atoms with E-state index >= 15 is 0 Å². The summed E-state index contributed by atoms with van der Waals surface area (Å²) in [6.45, 7) is 2.56. The summed E-state index contributed by atoms with van der Waals surface area (Å²) in [5.41, 5.74) is 7.62. The molecule has 0 unspecified atom stereocenters. The number of hydrogen-bond acceptors (Lipinski definition) is 8. The first kappa shape index (κ1) is 20.3. The molecule has 4 rings (SSSR count). The summed E-state index contributed by atoms with van der Waals surface area (Å²) in [5.74, 6) is -0.200. The minimum absolute atomic E-state index is 0.000993. The Morgan fingerprint density at radius 3 is 2.77 bits per heavy atom. The highest BCUT2D eigenvalue weighted by Gasteiger charge is 2.21. The fraction of sp³-hybridized carbons (Fsp3) is 0.421. The van der Waals surface area contributed by atoms with Crippen LogP contribution in [0.25, 0.3) is 11.2 Å². The molecule has 0 bridgehead atoms. The fourth-order valence-corrected chi connectivity index (χ4v) is 3.77. The average Bonchev–Trinajstić information content (AvgIpc) is 3.14. The van der Waals surface area contributed by atoms with Gasteiger partial charge in [0.15, 0.2) is 17.0 Å². The van der Waals surface area contributed by atoms with Crippen LogP contribution in [-0.2, 0) is 6.54 Å². The first-order valence-corrected chi connectivity index (χ1v) is 10.3. The zero-order valence-electron chi connectivity index (χ0n) is 16.5. The van der Waals surface area contributed by atoms with E-state index in [-0.39, 0.29) is 22.7 Å². The Bertz CT molecular complexity index is 1080. The number of carboxylic acid groups (broad SMARTS) is 1. The van der Waals surface area contributed by atoms with Crippen LogP contribution in [-0.4, -0.2) is 48.1 Å². The van der Waals surface area contributed by atoms with Crippen molar-refractivity contribution in [3.8, 4) is 0 Å². The number of aromatic nitrogens is 5. The van der Waals surface area contributed by atoms with E-state index in [9.17, 15) is 9.90 Å². The van der Waals surface area contributed by atoms with E-state index in [1.165, 1.54) is 12.1 Å². The summed E-state index contributed by atoms with van der Waals surface area (Å²) in [5, 5.41) is 24.4. The van der Waals surface area contributed by atoms with E-state index in [0.29, 0.717) is 35.2 Å². The van der Waals surface area contributed by atoms with Crippen molar-refractivity contribution in [3.05, 3.63) is 28.8 Å². The van der Waals surface area contributed by atoms with Gasteiger partial charge < -0.3 is 21.5 Å². The summed E-state index contributed by atoms with van der Waals surface area (Å²) >= 11 is 5.98. The van der Waals surface area contributed by atoms with Crippen LogP contribution in [0.1, 0.15) is 43.0 Å². The first-order valence-electron chi connectivity index (χ1n) is 9.87. The molecule has 158 valence electrons. The van der Waals surface area contributed by atoms with Gasteiger partial charge in [-0.2, -0.15) is 9.97 Å². The number of nitrogens with zero attached hydrogens (tertiary/aromatic N) is 5. The monoisotopic (exact) mass is 430 g/mol. The van der Waals surface area contributed by atoms with Gasteiger partial charge in [-0.25, -0.2) is 9.48 Å². The molecule has 0 saturated heterocycles. The maximum atomic E-state index is 11.4. The second-order valence-electron chi connectivity index (χ2n) is 7.35. The van der Waals surface area contributed by atoms with Crippen LogP contribution in [0.2, 0.25) is 5.02 Å². The number of aromatic carboxylic acids is 1. The normalized spacial score (nSPS) is 19.0. The largest absolute Gasteiger partial charge is 0.478 e. The van der Waals surface area contributed by atoms with Gasteiger partial charge in [0.2, 0.25) is 5.95 Å². The number of benzene rings is 1. The number of anilines is 3. The highest BCUT2D eigenvalue weighted by Crippen LogP contribution is 2.28. The number of halogens is 1. The summed E-state index contributed by atoms with van der Waals surface area (Å²) in [4.78, 5) is 20.6. The number of aryl methyl sites for hydroxylation is 1. The van der Waals surface area contributed by atoms with Crippen molar-refractivity contribution in [3.63, 3.8) is 0 Å². The molecule has 30 heavy (non-hydrogen) atoms. The second kappa shape index (κ2) is 8.41. The molecule has 1 aliphatic rings. The van der Waals surface area contributed by atoms with Gasteiger partial charge in [-0.1, -0.05) is 16.8 Å². The van der Waals surface area contributed by atoms with E-state index in [4.69, 9.17) is 17.3 Å². The molecule has 2 aromatic heterocycles. The SMILES string of the molecule is CCn1nnc2c(Nc3ccc(Cl)c(C(=O)O)c3)nc(NC3CCC(N)CC3)nc21. The third-order valence-corrected chi connectivity index (χ3v) is 5.56. The van der Waals surface area contributed by atoms with E-state index < -0.39 is 5.97 Å². The molecule has 10 nitrogen and oxygen atoms in total. The maximum absolute atomic E-state index is 11.4. The summed E-state index contributed by atoms with van der Waals surface area (Å²) < 4.78 is 1.69. The predicted molar refractivity (Wildman–Crippen MR) is 114 cm³/mol. The molecular weight excluding hydrogens is 408 g/mol. The molecule has 11 heteroatoms. The number of carbonyl (C=O) groups is 1. The van der Waals surface area contributed by atoms with Crippen LogP contribution in [0.15, 0.2) is 18.2 Å². The summed E-state index contributed by atoms with van der Waals surface area (Å²) in [6.07, 6.45) is 3.83. The lowest BCUT2D eigenvalue weighted by Gasteiger charge is -2.26. The summed E-state index contributed by atoms with van der Waals surface area (Å²) in [6, 6.07) is 5.16. The molecule has 1 fully saturated rings. The zero-order chi connectivity index (χ0) is 21.3. The Morgan fingerprint density at radius 1 is 1.30 bits per heavy atom. The van der Waals surface area contributed by atoms with E-state index in [1.54, 1.807) is 10.7 Å². The molecule has 1 aromatic carbocycles. The van der Waals surface area contributed by atoms with Gasteiger partial charge in [-0.3, -0.25) is 0 Å². The molecule has 1 saturated carbocycles. The highest BCUT2D eigenvalue weighted by atomic mass is 35.5. The van der Waals surface area contributed by atoms with Gasteiger partial charge in [0, 0.05) is 24.3 Å². The number of nitrogens with one attached hydrogen (secondary N) is 2. The lowest BCUT2D eigenvalue weighted by Crippen LogP contribution is -2.33. The maximum Gasteiger partial charge on any atom is 0.337 e. The lowest BCUT2D eigenvalue weighted by atomic mass is 9.92. The topological polar surface area (TPSA) is 144 Å². The molecule has 1 aliphatic carbocycles. The Kier molecular flexibility index (Phi) is 5.69. The molecule has 2 heterocycles. The average molecular weight is 431 g/mol. The second-order valence-corrected chi connectivity index (χ2v) is 7.76. The van der Waals surface area contributed by atoms with Crippen molar-refractivity contribution < 1.29 is 9.90 Å². The van der Waals surface area contributed by atoms with Crippen LogP contribution >= 0.6 is 11.6 Å². The van der Waals surface area contributed by atoms with Crippen LogP contribution in [0, 0.1) is 0 Å². The summed E-state index contributed by atoms with van der Waals surface area (Å²) in [7, 11) is 0. The smallest absolute Gasteiger partial charge is 0.337 e. The first-order chi connectivity index (χ1) is 14.4. The van der Waals surface area contributed by atoms with Gasteiger partial charge in [-0.05, 0) is 50.8 Å². The molecule has 5 N–H and O–H groups in total. The van der Waals surface area contributed by atoms with Crippen LogP contribution in [0.4, 0.5) is 17.5 Å². The molecule has 0 amide bonds. The lowest BCUT2D eigenvalue weighted by molar-refractivity contribution is 0.0697. The Labute approximate surface area is 177 Å². The standard InChI is InChI=1S/C19H23ClN8O2/c1-2-28-17-15(26-27-28)16(22-12-7-8-14(20)13(9-12)18(29)30)24-19(25-17)23-11-5-3-10(21)4-6-11/h7-11H,2-6,21H2,1H3,(H,29,30)(H2,22,23,24,25). The quantitative estimate of drug-likeness (QED) is 0.463. The van der Waals surface area contributed by atoms with Gasteiger partial charge >= 0.3 is 5.97 Å². The minimum Gasteiger partial charge on any atom is -0.478 e. The molecule has 0 aliphatic heterocycles. The van der Waals surface area contributed by atoms with Crippen LogP contribution in [0.3, 0.4) is 0 Å². The van der Waals surface area contributed by atoms with Gasteiger partial charge in [0.25, 0.3) is 0 Å². The molecule has 0 spiro atoms. The van der Waals surface area contributed by atoms with E-state index in [0.717, 1.165) is 25.7 Å². The van der Waals surface area contributed by atoms with E-state index in [1.807, 2.05) is 6.92 Å². The number of nitrogens with two attached hydrogens (primary N) is 1. The number of hydrogen-bond donors (Lipinski definition) is 4. The van der Waals surface area contributed by atoms with Crippen LogP contribution < -0.4 is 16.4 Å². The number of carboxylic acids is 1. The third-order valence-electron chi connectivity index (χ3n) is 5.23. The molecule has 0 radical (unpaired) electrons. The Balaban J connectivity index is 1.68. The van der Waals surface area contributed by atoms with Crippen molar-refractivity contribution in [1.29, 1.82) is 0 Å². The Hall–Kier alpha value is -2.98. The number of fused-ring (bicyclic) bond motifs is 1. The van der Waals surface area contributed by atoms with Gasteiger partial charge in [-0.15, -0.1) is 5.10 Å². The van der Waals surface area contributed by atoms with Crippen molar-refractivity contribution in [1.82, 2.24) is 25.0 Å². The Morgan fingerprint density at radius 2 is 2.07 bits per heavy atom. The third kappa shape index (κ3) is 4.14. The zero-order valence-corrected chi connectivity index (χ0v) is 17.2. The molecular formula is C19H23ClN8O2. The highest BCUT2D eigenvalue weighted by molar-refractivity contribution is 6.33. The minimum atomic E-state index is -1.11. The molecule has 0 atom stereocenters. The van der Waals surface area contributed by atoms with E-state index in [2.05, 4.69) is 30.9 Å². The predicted octanol–water partition coefficient (Wildman–Crippen LogP) is 3.02. The van der Waals surface area contributed by atoms with Crippen LogP contribution in [0.5, 0.6) is 0 Å². The number of rotatable bonds is 6. The van der Waals surface area contributed by atoms with Crippen molar-refractivity contribution in [2.75, 3.05) is 10.6 Å². The van der Waals surface area contributed by atoms with Crippen molar-refractivity contribution in [2.45, 2.75) is 51.2 Å². The van der Waals surface area contributed by atoms with Crippen molar-refractivity contribution in [2.24, 2.45) is 5.73 Å². The van der Waals surface area contributed by atoms with Crippen molar-refractivity contribution >= 4 is 46.2 Å². The molecule has 3 aromatic rings.